The van der Waals surface area contributed by atoms with Crippen LogP contribution in [0.4, 0.5) is 0 Å². The van der Waals surface area contributed by atoms with Crippen LogP contribution in [0, 0.1) is 0 Å². The number of aliphatic carboxylic acids is 1. The molecule has 0 saturated carbocycles. The number of rotatable bonds is 11. The lowest BCUT2D eigenvalue weighted by atomic mass is 10.2. The summed E-state index contributed by atoms with van der Waals surface area (Å²) in [4.78, 5) is 10.4. The quantitative estimate of drug-likeness (QED) is 0.556. The van der Waals surface area contributed by atoms with Gasteiger partial charge in [0.2, 0.25) is 0 Å². The van der Waals surface area contributed by atoms with Gasteiger partial charge >= 0.3 is 5.97 Å². The molecule has 0 saturated heterocycles. The second kappa shape index (κ2) is 10.9. The Hall–Kier alpha value is -0.610. The lowest BCUT2D eigenvalue weighted by Crippen LogP contribution is -2.20. The molecule has 0 rings (SSSR count). The van der Waals surface area contributed by atoms with E-state index in [2.05, 4.69) is 6.92 Å². The molecular formula is C12H24O4. The van der Waals surface area contributed by atoms with E-state index >= 15 is 0 Å². The molecular weight excluding hydrogens is 208 g/mol. The summed E-state index contributed by atoms with van der Waals surface area (Å²) in [6.45, 7) is 5.86. The Morgan fingerprint density at radius 2 is 1.75 bits per heavy atom. The third kappa shape index (κ3) is 9.93. The number of unbranched alkanes of at least 4 members (excludes halogenated alkanes) is 3. The van der Waals surface area contributed by atoms with Crippen molar-refractivity contribution in [3.05, 3.63) is 0 Å². The normalized spacial score (nSPS) is 12.6. The smallest absolute Gasteiger partial charge is 0.332 e. The van der Waals surface area contributed by atoms with Crippen LogP contribution in [-0.2, 0) is 14.3 Å². The zero-order valence-corrected chi connectivity index (χ0v) is 10.4. The minimum Gasteiger partial charge on any atom is -0.479 e. The maximum absolute atomic E-state index is 10.4. The first-order chi connectivity index (χ1) is 7.68. The molecule has 0 heterocycles. The first-order valence-electron chi connectivity index (χ1n) is 6.10. The van der Waals surface area contributed by atoms with Crippen molar-refractivity contribution in [1.82, 2.24) is 0 Å². The van der Waals surface area contributed by atoms with E-state index in [1.165, 1.54) is 6.42 Å². The number of hydrogen-bond acceptors (Lipinski definition) is 3. The predicted octanol–water partition coefficient (Wildman–Crippen LogP) is 2.46. The minimum atomic E-state index is -0.900. The molecule has 1 N–H and O–H groups in total. The van der Waals surface area contributed by atoms with Gasteiger partial charge in [0.25, 0.3) is 0 Å². The maximum Gasteiger partial charge on any atom is 0.332 e. The fraction of sp³-hybridized carbons (Fsp3) is 0.917. The van der Waals surface area contributed by atoms with Gasteiger partial charge in [0, 0.05) is 19.8 Å². The SMILES string of the molecule is CCCCOCCCCCO[C@@H](C)C(=O)O. The third-order valence-electron chi connectivity index (χ3n) is 2.29. The van der Waals surface area contributed by atoms with Gasteiger partial charge in [0.05, 0.1) is 0 Å². The minimum absolute atomic E-state index is 0.516. The van der Waals surface area contributed by atoms with Crippen LogP contribution in [0.2, 0.25) is 0 Å². The Morgan fingerprint density at radius 1 is 1.12 bits per heavy atom. The number of ether oxygens (including phenoxy) is 2. The highest BCUT2D eigenvalue weighted by molar-refractivity contribution is 5.71. The van der Waals surface area contributed by atoms with Gasteiger partial charge in [-0.25, -0.2) is 4.79 Å². The lowest BCUT2D eigenvalue weighted by Gasteiger charge is -2.08. The van der Waals surface area contributed by atoms with Crippen LogP contribution < -0.4 is 0 Å². The molecule has 0 radical (unpaired) electrons. The number of carboxylic acids is 1. The molecule has 0 aromatic carbocycles. The van der Waals surface area contributed by atoms with Gasteiger partial charge in [-0.2, -0.15) is 0 Å². The Balaban J connectivity index is 3.07. The van der Waals surface area contributed by atoms with Gasteiger partial charge in [-0.3, -0.25) is 0 Å². The Kier molecular flexibility index (Phi) is 10.5. The molecule has 4 heteroatoms. The molecule has 96 valence electrons. The third-order valence-corrected chi connectivity index (χ3v) is 2.29. The van der Waals surface area contributed by atoms with Crippen molar-refractivity contribution in [3.63, 3.8) is 0 Å². The van der Waals surface area contributed by atoms with Crippen LogP contribution in [0.15, 0.2) is 0 Å². The van der Waals surface area contributed by atoms with E-state index in [-0.39, 0.29) is 0 Å². The fourth-order valence-corrected chi connectivity index (χ4v) is 1.16. The highest BCUT2D eigenvalue weighted by Gasteiger charge is 2.09. The second-order valence-corrected chi connectivity index (χ2v) is 3.88. The van der Waals surface area contributed by atoms with Crippen LogP contribution in [-0.4, -0.2) is 37.0 Å². The van der Waals surface area contributed by atoms with Crippen LogP contribution in [0.1, 0.15) is 46.0 Å². The summed E-state index contributed by atoms with van der Waals surface area (Å²) in [5, 5.41) is 8.56. The molecule has 0 amide bonds. The molecule has 0 aliphatic rings. The van der Waals surface area contributed by atoms with Gasteiger partial charge in [0.15, 0.2) is 6.10 Å². The molecule has 0 aromatic heterocycles. The molecule has 0 aliphatic carbocycles. The standard InChI is InChI=1S/C12H24O4/c1-3-4-8-15-9-6-5-7-10-16-11(2)12(13)14/h11H,3-10H2,1-2H3,(H,13,14)/t11-/m0/s1. The molecule has 0 aromatic rings. The van der Waals surface area contributed by atoms with Gasteiger partial charge in [0.1, 0.15) is 0 Å². The first kappa shape index (κ1) is 15.4. The van der Waals surface area contributed by atoms with Crippen molar-refractivity contribution >= 4 is 5.97 Å². The summed E-state index contributed by atoms with van der Waals surface area (Å²) in [5.74, 6) is -0.900. The highest BCUT2D eigenvalue weighted by Crippen LogP contribution is 2.00. The lowest BCUT2D eigenvalue weighted by molar-refractivity contribution is -0.149. The summed E-state index contributed by atoms with van der Waals surface area (Å²) >= 11 is 0. The Bertz CT molecular complexity index is 170. The summed E-state index contributed by atoms with van der Waals surface area (Å²) in [6.07, 6.45) is 4.54. The predicted molar refractivity (Wildman–Crippen MR) is 62.6 cm³/mol. The Morgan fingerprint density at radius 3 is 2.38 bits per heavy atom. The second-order valence-electron chi connectivity index (χ2n) is 3.88. The van der Waals surface area contributed by atoms with Gasteiger partial charge < -0.3 is 14.6 Å². The van der Waals surface area contributed by atoms with Gasteiger partial charge in [-0.05, 0) is 32.6 Å². The number of carbonyl (C=O) groups is 1. The molecule has 0 unspecified atom stereocenters. The van der Waals surface area contributed by atoms with E-state index in [1.807, 2.05) is 0 Å². The largest absolute Gasteiger partial charge is 0.479 e. The van der Waals surface area contributed by atoms with Crippen molar-refractivity contribution in [2.24, 2.45) is 0 Å². The molecule has 1 atom stereocenters. The molecule has 0 aliphatic heterocycles. The molecule has 0 bridgehead atoms. The van der Waals surface area contributed by atoms with Crippen LogP contribution in [0.3, 0.4) is 0 Å². The van der Waals surface area contributed by atoms with Gasteiger partial charge in [-0.15, -0.1) is 0 Å². The van der Waals surface area contributed by atoms with Crippen molar-refractivity contribution in [3.8, 4) is 0 Å². The molecule has 16 heavy (non-hydrogen) atoms. The van der Waals surface area contributed by atoms with Crippen molar-refractivity contribution in [2.45, 2.75) is 52.1 Å². The van der Waals surface area contributed by atoms with Crippen molar-refractivity contribution in [1.29, 1.82) is 0 Å². The van der Waals surface area contributed by atoms with E-state index in [0.717, 1.165) is 38.9 Å². The summed E-state index contributed by atoms with van der Waals surface area (Å²) in [5.41, 5.74) is 0. The van der Waals surface area contributed by atoms with E-state index in [1.54, 1.807) is 6.92 Å². The van der Waals surface area contributed by atoms with Crippen LogP contribution in [0.25, 0.3) is 0 Å². The number of carboxylic acid groups (broad SMARTS) is 1. The summed E-state index contributed by atoms with van der Waals surface area (Å²) in [6, 6.07) is 0. The number of hydrogen-bond donors (Lipinski definition) is 1. The zero-order valence-electron chi connectivity index (χ0n) is 10.4. The fourth-order valence-electron chi connectivity index (χ4n) is 1.16. The monoisotopic (exact) mass is 232 g/mol. The first-order valence-corrected chi connectivity index (χ1v) is 6.10. The average Bonchev–Trinajstić information content (AvgIpc) is 2.26. The summed E-state index contributed by atoms with van der Waals surface area (Å²) in [7, 11) is 0. The van der Waals surface area contributed by atoms with Crippen molar-refractivity contribution in [2.75, 3.05) is 19.8 Å². The van der Waals surface area contributed by atoms with Crippen molar-refractivity contribution < 1.29 is 19.4 Å². The zero-order chi connectivity index (χ0) is 12.2. The van der Waals surface area contributed by atoms with E-state index < -0.39 is 12.1 Å². The highest BCUT2D eigenvalue weighted by atomic mass is 16.5. The molecule has 4 nitrogen and oxygen atoms in total. The maximum atomic E-state index is 10.4. The molecule has 0 spiro atoms. The van der Waals surface area contributed by atoms with Crippen LogP contribution >= 0.6 is 0 Å². The van der Waals surface area contributed by atoms with E-state index in [4.69, 9.17) is 14.6 Å². The van der Waals surface area contributed by atoms with Crippen LogP contribution in [0.5, 0.6) is 0 Å². The van der Waals surface area contributed by atoms with Gasteiger partial charge in [-0.1, -0.05) is 13.3 Å². The Labute approximate surface area is 97.9 Å². The molecule has 0 fully saturated rings. The summed E-state index contributed by atoms with van der Waals surface area (Å²) < 4.78 is 10.5. The average molecular weight is 232 g/mol. The van der Waals surface area contributed by atoms with E-state index in [0.29, 0.717) is 6.61 Å². The topological polar surface area (TPSA) is 55.8 Å². The van der Waals surface area contributed by atoms with E-state index in [9.17, 15) is 4.79 Å².